The number of hydrogen-bond acceptors (Lipinski definition) is 5. The maximum Gasteiger partial charge on any atom is 0.333 e. The van der Waals surface area contributed by atoms with Crippen LogP contribution in [0.2, 0.25) is 0 Å². The van der Waals surface area contributed by atoms with Gasteiger partial charge in [-0.2, -0.15) is 13.9 Å². The lowest BCUT2D eigenvalue weighted by atomic mass is 10.0. The summed E-state index contributed by atoms with van der Waals surface area (Å²) in [7, 11) is 0. The third kappa shape index (κ3) is 3.64. The second-order valence-electron chi connectivity index (χ2n) is 6.87. The molecule has 28 heavy (non-hydrogen) atoms. The van der Waals surface area contributed by atoms with Gasteiger partial charge in [0, 0.05) is 23.9 Å². The van der Waals surface area contributed by atoms with Crippen LogP contribution in [-0.4, -0.2) is 32.6 Å². The van der Waals surface area contributed by atoms with Crippen LogP contribution in [0.4, 0.5) is 19.0 Å². The molecule has 0 saturated heterocycles. The number of amides is 2. The molecule has 150 valence electrons. The first kappa shape index (κ1) is 19.6. The van der Waals surface area contributed by atoms with Crippen molar-refractivity contribution in [2.75, 3.05) is 5.32 Å². The zero-order valence-corrected chi connectivity index (χ0v) is 15.2. The molecule has 0 radical (unpaired) electrons. The van der Waals surface area contributed by atoms with Crippen molar-refractivity contribution < 1.29 is 22.8 Å². The zero-order chi connectivity index (χ0) is 20.6. The highest BCUT2D eigenvalue weighted by molar-refractivity contribution is 6.04. The number of pyridine rings is 1. The van der Waals surface area contributed by atoms with E-state index < -0.39 is 30.2 Å². The maximum atomic E-state index is 14.9. The molecule has 2 aromatic rings. The average Bonchev–Trinajstić information content (AvgIpc) is 3.24. The molecule has 2 aromatic heterocycles. The molecular formula is C17H19F3N6O2. The van der Waals surface area contributed by atoms with E-state index in [-0.39, 0.29) is 40.7 Å². The highest BCUT2D eigenvalue weighted by Gasteiger charge is 2.32. The molecule has 0 spiro atoms. The number of nitrogens with two attached hydrogens (primary N) is 1. The Morgan fingerprint density at radius 3 is 2.71 bits per heavy atom. The van der Waals surface area contributed by atoms with Crippen molar-refractivity contribution in [1.82, 2.24) is 20.1 Å². The van der Waals surface area contributed by atoms with Crippen LogP contribution in [0.25, 0.3) is 11.3 Å². The van der Waals surface area contributed by atoms with Gasteiger partial charge in [-0.25, -0.2) is 14.1 Å². The van der Waals surface area contributed by atoms with Crippen molar-refractivity contribution in [1.29, 1.82) is 0 Å². The van der Waals surface area contributed by atoms with Crippen LogP contribution in [0.1, 0.15) is 42.7 Å². The van der Waals surface area contributed by atoms with E-state index in [1.54, 1.807) is 0 Å². The summed E-state index contributed by atoms with van der Waals surface area (Å²) in [5.74, 6) is -2.24. The molecule has 1 atom stereocenters. The Hall–Kier alpha value is -3.11. The molecule has 8 nitrogen and oxygen atoms in total. The van der Waals surface area contributed by atoms with Crippen molar-refractivity contribution in [2.45, 2.75) is 39.4 Å². The molecule has 11 heteroatoms. The summed E-state index contributed by atoms with van der Waals surface area (Å²) in [6, 6.07) is -0.887. The number of hydrogen-bond donors (Lipinski definition) is 3. The highest BCUT2D eigenvalue weighted by atomic mass is 19.3. The lowest BCUT2D eigenvalue weighted by molar-refractivity contribution is -0.119. The zero-order valence-electron chi connectivity index (χ0n) is 15.2. The van der Waals surface area contributed by atoms with Gasteiger partial charge >= 0.3 is 6.55 Å². The quantitative estimate of drug-likeness (QED) is 0.663. The van der Waals surface area contributed by atoms with Crippen LogP contribution in [-0.2, 0) is 11.3 Å². The van der Waals surface area contributed by atoms with E-state index in [0.717, 1.165) is 12.4 Å². The lowest BCUT2D eigenvalue weighted by Crippen LogP contribution is -2.37. The first-order valence-electron chi connectivity index (χ1n) is 8.58. The minimum atomic E-state index is -2.88. The standard InChI is InChI=1S/C17H19F3N6O2/c1-7(2)3-10(14(21)27)24-15-12(18)9-5-22-16(28)11(9)13(25-15)8-4-23-26(6-8)17(19)20/h4,6-7,10,17H,3,5H2,1-2H3,(H2,21,27)(H,22,28)(H,24,25)/t10-/m1/s1. The normalized spacial score (nSPS) is 14.3. The molecule has 3 rings (SSSR count). The fourth-order valence-corrected chi connectivity index (χ4v) is 3.03. The van der Waals surface area contributed by atoms with Gasteiger partial charge in [-0.1, -0.05) is 13.8 Å². The summed E-state index contributed by atoms with van der Waals surface area (Å²) >= 11 is 0. The molecule has 3 heterocycles. The monoisotopic (exact) mass is 396 g/mol. The molecule has 4 N–H and O–H groups in total. The van der Waals surface area contributed by atoms with Gasteiger partial charge in [-0.15, -0.1) is 0 Å². The number of halogens is 3. The topological polar surface area (TPSA) is 115 Å². The predicted octanol–water partition coefficient (Wildman–Crippen LogP) is 2.03. The summed E-state index contributed by atoms with van der Waals surface area (Å²) in [6.45, 7) is 0.783. The number of rotatable bonds is 7. The van der Waals surface area contributed by atoms with E-state index in [4.69, 9.17) is 5.73 Å². The van der Waals surface area contributed by atoms with Crippen molar-refractivity contribution in [3.8, 4) is 11.3 Å². The van der Waals surface area contributed by atoms with Crippen LogP contribution in [0.5, 0.6) is 0 Å². The minimum absolute atomic E-state index is 0.00596. The van der Waals surface area contributed by atoms with Crippen LogP contribution in [0.3, 0.4) is 0 Å². The Labute approximate surface area is 158 Å². The number of nitrogens with zero attached hydrogens (tertiary/aromatic N) is 3. The number of fused-ring (bicyclic) bond motifs is 1. The fourth-order valence-electron chi connectivity index (χ4n) is 3.03. The number of aromatic nitrogens is 3. The third-order valence-electron chi connectivity index (χ3n) is 4.32. The van der Waals surface area contributed by atoms with Crippen LogP contribution in [0, 0.1) is 11.7 Å². The third-order valence-corrected chi connectivity index (χ3v) is 4.32. The number of alkyl halides is 2. The summed E-state index contributed by atoms with van der Waals surface area (Å²) in [6.07, 6.45) is 2.46. The second kappa shape index (κ2) is 7.49. The van der Waals surface area contributed by atoms with Gasteiger partial charge in [0.1, 0.15) is 6.04 Å². The Bertz CT molecular complexity index is 928. The summed E-state index contributed by atoms with van der Waals surface area (Å²) in [5.41, 5.74) is 5.50. The molecule has 0 unspecified atom stereocenters. The van der Waals surface area contributed by atoms with Gasteiger partial charge in [-0.05, 0) is 12.3 Å². The van der Waals surface area contributed by atoms with Crippen molar-refractivity contribution in [3.63, 3.8) is 0 Å². The van der Waals surface area contributed by atoms with Crippen LogP contribution in [0.15, 0.2) is 12.4 Å². The Kier molecular flexibility index (Phi) is 5.25. The predicted molar refractivity (Wildman–Crippen MR) is 93.9 cm³/mol. The molecule has 1 aliphatic heterocycles. The molecular weight excluding hydrogens is 377 g/mol. The summed E-state index contributed by atoms with van der Waals surface area (Å²) < 4.78 is 41.0. The van der Waals surface area contributed by atoms with Gasteiger partial charge in [-0.3, -0.25) is 9.59 Å². The van der Waals surface area contributed by atoms with Crippen molar-refractivity contribution in [2.24, 2.45) is 11.7 Å². The largest absolute Gasteiger partial charge is 0.368 e. The number of carbonyl (C=O) groups is 2. The van der Waals surface area contributed by atoms with E-state index in [0.29, 0.717) is 11.1 Å². The molecule has 2 amide bonds. The first-order valence-corrected chi connectivity index (χ1v) is 8.58. The number of nitrogens with one attached hydrogen (secondary N) is 2. The van der Waals surface area contributed by atoms with E-state index in [2.05, 4.69) is 20.7 Å². The minimum Gasteiger partial charge on any atom is -0.368 e. The van der Waals surface area contributed by atoms with Gasteiger partial charge in [0.05, 0.1) is 17.5 Å². The van der Waals surface area contributed by atoms with Gasteiger partial charge in [0.25, 0.3) is 5.91 Å². The van der Waals surface area contributed by atoms with E-state index in [1.807, 2.05) is 13.8 Å². The molecule has 0 aliphatic carbocycles. The number of anilines is 1. The summed E-state index contributed by atoms with van der Waals surface area (Å²) in [5, 5.41) is 8.70. The van der Waals surface area contributed by atoms with E-state index >= 15 is 0 Å². The Balaban J connectivity index is 2.09. The fraction of sp³-hybridized carbons (Fsp3) is 0.412. The maximum absolute atomic E-state index is 14.9. The molecule has 0 aromatic carbocycles. The Morgan fingerprint density at radius 1 is 1.43 bits per heavy atom. The lowest BCUT2D eigenvalue weighted by Gasteiger charge is -2.19. The highest BCUT2D eigenvalue weighted by Crippen LogP contribution is 2.33. The van der Waals surface area contributed by atoms with E-state index in [9.17, 15) is 22.8 Å². The van der Waals surface area contributed by atoms with Gasteiger partial charge < -0.3 is 16.4 Å². The second-order valence-corrected chi connectivity index (χ2v) is 6.87. The molecule has 0 bridgehead atoms. The Morgan fingerprint density at radius 2 is 2.14 bits per heavy atom. The SMILES string of the molecule is CC(C)C[C@@H](Nc1nc(-c2cnn(C(F)F)c2)c2c(c1F)CNC2=O)C(N)=O. The average molecular weight is 396 g/mol. The molecule has 0 saturated carbocycles. The van der Waals surface area contributed by atoms with E-state index in [1.165, 1.54) is 0 Å². The van der Waals surface area contributed by atoms with Crippen molar-refractivity contribution >= 4 is 17.6 Å². The number of carbonyl (C=O) groups excluding carboxylic acids is 2. The van der Waals surface area contributed by atoms with Crippen LogP contribution >= 0.6 is 0 Å². The molecule has 0 fully saturated rings. The molecule has 1 aliphatic rings. The van der Waals surface area contributed by atoms with Crippen LogP contribution < -0.4 is 16.4 Å². The first-order chi connectivity index (χ1) is 13.2. The van der Waals surface area contributed by atoms with Gasteiger partial charge in [0.2, 0.25) is 5.91 Å². The number of primary amides is 1. The van der Waals surface area contributed by atoms with Gasteiger partial charge in [0.15, 0.2) is 11.6 Å². The van der Waals surface area contributed by atoms with Crippen molar-refractivity contribution in [3.05, 3.63) is 29.3 Å². The summed E-state index contributed by atoms with van der Waals surface area (Å²) in [4.78, 5) is 28.0. The smallest absolute Gasteiger partial charge is 0.333 e.